The first kappa shape index (κ1) is 12.0. The van der Waals surface area contributed by atoms with E-state index in [9.17, 15) is 5.26 Å². The molecule has 2 unspecified atom stereocenters. The second-order valence-electron chi connectivity index (χ2n) is 5.34. The zero-order valence-electron chi connectivity index (χ0n) is 11.1. The highest BCUT2D eigenvalue weighted by molar-refractivity contribution is 5.86. The Hall–Kier alpha value is -2.08. The smallest absolute Gasteiger partial charge is 0.128 e. The number of hydrogen-bond acceptors (Lipinski definition) is 3. The Balaban J connectivity index is 1.98. The second-order valence-corrected chi connectivity index (χ2v) is 5.34. The third-order valence-electron chi connectivity index (χ3n) is 4.03. The summed E-state index contributed by atoms with van der Waals surface area (Å²) in [5.74, 6) is 1.51. The number of pyridine rings is 1. The van der Waals surface area contributed by atoms with Crippen LogP contribution in [0.5, 0.6) is 0 Å². The first-order valence-corrected chi connectivity index (χ1v) is 6.84. The van der Waals surface area contributed by atoms with E-state index in [0.29, 0.717) is 17.5 Å². The molecule has 2 aromatic rings. The third-order valence-corrected chi connectivity index (χ3v) is 4.03. The lowest BCUT2D eigenvalue weighted by atomic mass is 10.1. The Morgan fingerprint density at radius 1 is 1.32 bits per heavy atom. The minimum absolute atomic E-state index is 0.486. The number of benzene rings is 1. The fraction of sp³-hybridized carbons (Fsp3) is 0.375. The quantitative estimate of drug-likeness (QED) is 0.885. The van der Waals surface area contributed by atoms with Crippen LogP contribution in [0.2, 0.25) is 0 Å². The van der Waals surface area contributed by atoms with Gasteiger partial charge in [0.05, 0.1) is 17.1 Å². The van der Waals surface area contributed by atoms with Crippen LogP contribution in [0.25, 0.3) is 10.9 Å². The van der Waals surface area contributed by atoms with Crippen molar-refractivity contribution in [1.82, 2.24) is 4.98 Å². The molecule has 0 radical (unpaired) electrons. The topological polar surface area (TPSA) is 48.7 Å². The van der Waals surface area contributed by atoms with Crippen LogP contribution >= 0.6 is 0 Å². The summed E-state index contributed by atoms with van der Waals surface area (Å²) >= 11 is 0. The van der Waals surface area contributed by atoms with Gasteiger partial charge >= 0.3 is 0 Å². The largest absolute Gasteiger partial charge is 0.367 e. The molecular formula is C16H17N3. The number of anilines is 1. The summed E-state index contributed by atoms with van der Waals surface area (Å²) in [4.78, 5) is 4.62. The predicted octanol–water partition coefficient (Wildman–Crippen LogP) is 3.71. The maximum atomic E-state index is 9.27. The Morgan fingerprint density at radius 3 is 2.89 bits per heavy atom. The van der Waals surface area contributed by atoms with E-state index in [1.807, 2.05) is 30.3 Å². The van der Waals surface area contributed by atoms with Gasteiger partial charge in [0.1, 0.15) is 5.82 Å². The summed E-state index contributed by atoms with van der Waals surface area (Å²) in [6, 6.07) is 12.4. The van der Waals surface area contributed by atoms with Crippen LogP contribution in [0.4, 0.5) is 5.82 Å². The van der Waals surface area contributed by atoms with Crippen LogP contribution in [-0.2, 0) is 0 Å². The van der Waals surface area contributed by atoms with Crippen LogP contribution in [-0.4, -0.2) is 11.0 Å². The molecule has 1 aliphatic carbocycles. The molecule has 2 atom stereocenters. The molecule has 0 spiro atoms. The zero-order valence-corrected chi connectivity index (χ0v) is 11.1. The van der Waals surface area contributed by atoms with E-state index in [-0.39, 0.29) is 0 Å². The van der Waals surface area contributed by atoms with E-state index in [0.717, 1.165) is 16.7 Å². The minimum Gasteiger partial charge on any atom is -0.367 e. The fourth-order valence-corrected chi connectivity index (χ4v) is 2.89. The molecular weight excluding hydrogens is 234 g/mol. The van der Waals surface area contributed by atoms with E-state index >= 15 is 0 Å². The number of nitriles is 1. The van der Waals surface area contributed by atoms with Gasteiger partial charge in [-0.25, -0.2) is 4.98 Å². The summed E-state index contributed by atoms with van der Waals surface area (Å²) in [7, 11) is 0. The highest BCUT2D eigenvalue weighted by Gasteiger charge is 2.23. The normalized spacial score (nSPS) is 22.3. The van der Waals surface area contributed by atoms with E-state index in [1.54, 1.807) is 0 Å². The van der Waals surface area contributed by atoms with Crippen molar-refractivity contribution in [1.29, 1.82) is 5.26 Å². The first-order valence-electron chi connectivity index (χ1n) is 6.84. The van der Waals surface area contributed by atoms with Crippen molar-refractivity contribution in [2.45, 2.75) is 32.2 Å². The molecule has 1 saturated carbocycles. The molecule has 0 bridgehead atoms. The van der Waals surface area contributed by atoms with Gasteiger partial charge in [-0.3, -0.25) is 0 Å². The highest BCUT2D eigenvalue weighted by Crippen LogP contribution is 2.28. The monoisotopic (exact) mass is 251 g/mol. The molecule has 3 nitrogen and oxygen atoms in total. The van der Waals surface area contributed by atoms with Crippen molar-refractivity contribution in [3.05, 3.63) is 35.9 Å². The number of rotatable bonds is 2. The molecule has 1 aliphatic rings. The maximum Gasteiger partial charge on any atom is 0.128 e. The standard InChI is InChI=1S/C16H17N3/c1-11-5-4-8-14(11)18-16-9-12(10-17)13-6-2-3-7-15(13)19-16/h2-3,6-7,9,11,14H,4-5,8H2,1H3,(H,18,19). The van der Waals surface area contributed by atoms with Crippen molar-refractivity contribution >= 4 is 16.7 Å². The van der Waals surface area contributed by atoms with Crippen LogP contribution in [0.1, 0.15) is 31.7 Å². The van der Waals surface area contributed by atoms with Gasteiger partial charge < -0.3 is 5.32 Å². The molecule has 1 N–H and O–H groups in total. The van der Waals surface area contributed by atoms with Crippen molar-refractivity contribution in [3.63, 3.8) is 0 Å². The molecule has 0 amide bonds. The van der Waals surface area contributed by atoms with Gasteiger partial charge in [0.2, 0.25) is 0 Å². The maximum absolute atomic E-state index is 9.27. The van der Waals surface area contributed by atoms with Crippen LogP contribution in [0.15, 0.2) is 30.3 Å². The summed E-state index contributed by atoms with van der Waals surface area (Å²) in [5, 5.41) is 13.7. The first-order chi connectivity index (χ1) is 9.28. The zero-order chi connectivity index (χ0) is 13.2. The summed E-state index contributed by atoms with van der Waals surface area (Å²) < 4.78 is 0. The number of nitrogens with one attached hydrogen (secondary N) is 1. The lowest BCUT2D eigenvalue weighted by molar-refractivity contribution is 0.555. The van der Waals surface area contributed by atoms with Gasteiger partial charge in [-0.2, -0.15) is 5.26 Å². The van der Waals surface area contributed by atoms with E-state index in [1.165, 1.54) is 19.3 Å². The molecule has 1 aromatic heterocycles. The van der Waals surface area contributed by atoms with E-state index in [4.69, 9.17) is 0 Å². The lowest BCUT2D eigenvalue weighted by Gasteiger charge is -2.18. The molecule has 1 fully saturated rings. The third kappa shape index (κ3) is 2.26. The Bertz CT molecular complexity index is 642. The van der Waals surface area contributed by atoms with Crippen molar-refractivity contribution in [2.24, 2.45) is 5.92 Å². The predicted molar refractivity (Wildman–Crippen MR) is 76.9 cm³/mol. The van der Waals surface area contributed by atoms with E-state index < -0.39 is 0 Å². The lowest BCUT2D eigenvalue weighted by Crippen LogP contribution is -2.22. The SMILES string of the molecule is CC1CCCC1Nc1cc(C#N)c2ccccc2n1. The Morgan fingerprint density at radius 2 is 2.16 bits per heavy atom. The summed E-state index contributed by atoms with van der Waals surface area (Å²) in [6.45, 7) is 2.27. The summed E-state index contributed by atoms with van der Waals surface area (Å²) in [5.41, 5.74) is 1.58. The summed E-state index contributed by atoms with van der Waals surface area (Å²) in [6.07, 6.45) is 3.74. The van der Waals surface area contributed by atoms with Gasteiger partial charge in [0, 0.05) is 11.4 Å². The molecule has 96 valence electrons. The molecule has 1 aromatic carbocycles. The molecule has 1 heterocycles. The second kappa shape index (κ2) is 4.89. The van der Waals surface area contributed by atoms with Gasteiger partial charge in [-0.05, 0) is 30.9 Å². The van der Waals surface area contributed by atoms with E-state index in [2.05, 4.69) is 23.3 Å². The molecule has 3 rings (SSSR count). The molecule has 0 saturated heterocycles. The van der Waals surface area contributed by atoms with Gasteiger partial charge in [0.15, 0.2) is 0 Å². The van der Waals surface area contributed by atoms with Gasteiger partial charge in [0.25, 0.3) is 0 Å². The van der Waals surface area contributed by atoms with Crippen LogP contribution in [0, 0.1) is 17.2 Å². The average Bonchev–Trinajstić information content (AvgIpc) is 2.83. The van der Waals surface area contributed by atoms with Gasteiger partial charge in [-0.1, -0.05) is 31.5 Å². The Kier molecular flexibility index (Phi) is 3.08. The number of para-hydroxylation sites is 1. The fourth-order valence-electron chi connectivity index (χ4n) is 2.89. The van der Waals surface area contributed by atoms with Crippen molar-refractivity contribution in [3.8, 4) is 6.07 Å². The average molecular weight is 251 g/mol. The van der Waals surface area contributed by atoms with Crippen molar-refractivity contribution in [2.75, 3.05) is 5.32 Å². The highest BCUT2D eigenvalue weighted by atomic mass is 15.0. The Labute approximate surface area is 113 Å². The van der Waals surface area contributed by atoms with Crippen LogP contribution < -0.4 is 5.32 Å². The van der Waals surface area contributed by atoms with Gasteiger partial charge in [-0.15, -0.1) is 0 Å². The number of fused-ring (bicyclic) bond motifs is 1. The van der Waals surface area contributed by atoms with Crippen molar-refractivity contribution < 1.29 is 0 Å². The molecule has 3 heteroatoms. The molecule has 19 heavy (non-hydrogen) atoms. The molecule has 0 aliphatic heterocycles. The number of hydrogen-bond donors (Lipinski definition) is 1. The van der Waals surface area contributed by atoms with Crippen LogP contribution in [0.3, 0.4) is 0 Å². The minimum atomic E-state index is 0.486. The number of aromatic nitrogens is 1. The number of nitrogens with zero attached hydrogens (tertiary/aromatic N) is 2.